The summed E-state index contributed by atoms with van der Waals surface area (Å²) in [6.07, 6.45) is 5.32. The normalized spacial score (nSPS) is 16.2. The van der Waals surface area contributed by atoms with Gasteiger partial charge in [0.25, 0.3) is 5.91 Å². The number of aliphatic hydroxyl groups is 1. The third kappa shape index (κ3) is 5.67. The lowest BCUT2D eigenvalue weighted by Gasteiger charge is -2.30. The number of carbonyl (C=O) groups is 1. The van der Waals surface area contributed by atoms with E-state index in [4.69, 9.17) is 0 Å². The maximum Gasteiger partial charge on any atom is 0.255 e. The lowest BCUT2D eigenvalue weighted by atomic mass is 10.0. The highest BCUT2D eigenvalue weighted by atomic mass is 16.3. The Morgan fingerprint density at radius 2 is 1.89 bits per heavy atom. The number of hydrogen-bond donors (Lipinski definition) is 2. The van der Waals surface area contributed by atoms with Crippen LogP contribution < -0.4 is 5.32 Å². The minimum atomic E-state index is -0.278. The predicted molar refractivity (Wildman–Crippen MR) is 139 cm³/mol. The molecule has 5 rings (SSSR count). The zero-order chi connectivity index (χ0) is 24.2. The van der Waals surface area contributed by atoms with Crippen LogP contribution in [0.4, 0.5) is 5.69 Å². The van der Waals surface area contributed by atoms with Crippen LogP contribution in [0.2, 0.25) is 0 Å². The van der Waals surface area contributed by atoms with Gasteiger partial charge in [0.15, 0.2) is 0 Å². The van der Waals surface area contributed by atoms with E-state index in [1.54, 1.807) is 6.33 Å². The topological polar surface area (TPSA) is 70.4 Å². The van der Waals surface area contributed by atoms with Crippen LogP contribution in [-0.4, -0.2) is 44.7 Å². The number of aryl methyl sites for hydroxylation is 1. The minimum Gasteiger partial charge on any atom is -0.392 e. The molecular weight excluding hydrogens is 436 g/mol. The molecule has 1 saturated heterocycles. The molecular formula is C29H30N4O2. The van der Waals surface area contributed by atoms with E-state index in [2.05, 4.69) is 21.3 Å². The molecule has 2 N–H and O–H groups in total. The summed E-state index contributed by atoms with van der Waals surface area (Å²) in [5.74, 6) is -0.152. The second kappa shape index (κ2) is 10.3. The first-order valence-corrected chi connectivity index (χ1v) is 12.1. The molecule has 6 nitrogen and oxygen atoms in total. The van der Waals surface area contributed by atoms with Crippen molar-refractivity contribution in [3.8, 4) is 16.8 Å². The molecule has 0 aliphatic carbocycles. The summed E-state index contributed by atoms with van der Waals surface area (Å²) in [7, 11) is 0. The fourth-order valence-corrected chi connectivity index (χ4v) is 4.66. The van der Waals surface area contributed by atoms with Gasteiger partial charge in [0.05, 0.1) is 18.1 Å². The Labute approximate surface area is 205 Å². The third-order valence-corrected chi connectivity index (χ3v) is 6.36. The summed E-state index contributed by atoms with van der Waals surface area (Å²) in [6, 6.07) is 23.8. The van der Waals surface area contributed by atoms with Crippen LogP contribution in [-0.2, 0) is 6.54 Å². The molecule has 35 heavy (non-hydrogen) atoms. The number of anilines is 1. The number of aromatic nitrogens is 2. The number of piperidine rings is 1. The Morgan fingerprint density at radius 1 is 1.06 bits per heavy atom. The number of imidazole rings is 1. The van der Waals surface area contributed by atoms with Gasteiger partial charge in [-0.25, -0.2) is 4.98 Å². The molecule has 0 radical (unpaired) electrons. The van der Waals surface area contributed by atoms with Crippen molar-refractivity contribution in [3.63, 3.8) is 0 Å². The number of β-amino-alcohol motifs (C(OH)–C–C–N with tert-alkyl or cyclic N) is 1. The Morgan fingerprint density at radius 3 is 2.66 bits per heavy atom. The van der Waals surface area contributed by atoms with Gasteiger partial charge in [-0.3, -0.25) is 9.69 Å². The van der Waals surface area contributed by atoms with E-state index < -0.39 is 0 Å². The van der Waals surface area contributed by atoms with Crippen molar-refractivity contribution in [1.82, 2.24) is 14.5 Å². The van der Waals surface area contributed by atoms with Crippen molar-refractivity contribution in [3.05, 3.63) is 102 Å². The number of amides is 1. The van der Waals surface area contributed by atoms with Crippen molar-refractivity contribution in [2.24, 2.45) is 0 Å². The number of carbonyl (C=O) groups excluding carboxylic acids is 1. The third-order valence-electron chi connectivity index (χ3n) is 6.36. The summed E-state index contributed by atoms with van der Waals surface area (Å²) in [5, 5.41) is 13.2. The Kier molecular flexibility index (Phi) is 6.75. The van der Waals surface area contributed by atoms with Gasteiger partial charge in [0.2, 0.25) is 0 Å². The quantitative estimate of drug-likeness (QED) is 0.417. The first kappa shape index (κ1) is 23.0. The van der Waals surface area contributed by atoms with E-state index >= 15 is 0 Å². The summed E-state index contributed by atoms with van der Waals surface area (Å²) in [5.41, 5.74) is 6.37. The van der Waals surface area contributed by atoms with E-state index in [0.717, 1.165) is 53.1 Å². The summed E-state index contributed by atoms with van der Waals surface area (Å²) < 4.78 is 1.97. The van der Waals surface area contributed by atoms with Gasteiger partial charge in [-0.1, -0.05) is 42.5 Å². The number of hydrogen-bond acceptors (Lipinski definition) is 4. The molecule has 4 aromatic rings. The maximum absolute atomic E-state index is 13.2. The van der Waals surface area contributed by atoms with Crippen molar-refractivity contribution in [1.29, 1.82) is 0 Å². The summed E-state index contributed by atoms with van der Waals surface area (Å²) in [6.45, 7) is 4.30. The molecule has 0 saturated carbocycles. The molecule has 1 aliphatic rings. The van der Waals surface area contributed by atoms with Gasteiger partial charge in [-0.05, 0) is 73.3 Å². The highest BCUT2D eigenvalue weighted by Gasteiger charge is 2.18. The second-order valence-corrected chi connectivity index (χ2v) is 9.24. The number of aliphatic hydroxyl groups excluding tert-OH is 1. The molecule has 1 fully saturated rings. The number of benzene rings is 3. The highest BCUT2D eigenvalue weighted by molar-refractivity contribution is 6.05. The fraction of sp³-hybridized carbons (Fsp3) is 0.241. The number of likely N-dealkylation sites (tertiary alicyclic amines) is 1. The molecule has 0 spiro atoms. The zero-order valence-corrected chi connectivity index (χ0v) is 19.9. The van der Waals surface area contributed by atoms with Gasteiger partial charge in [0.1, 0.15) is 0 Å². The Hall–Kier alpha value is -3.74. The Bertz CT molecular complexity index is 1320. The molecule has 3 aromatic carbocycles. The molecule has 2 heterocycles. The van der Waals surface area contributed by atoms with E-state index in [9.17, 15) is 9.90 Å². The number of nitrogens with one attached hydrogen (secondary N) is 1. The van der Waals surface area contributed by atoms with E-state index in [1.165, 1.54) is 0 Å². The SMILES string of the molecule is Cc1cn(-c2cc(CN3CCC[C@H](O)C3)cc(NC(=O)c3cccc(-c4ccccc4)c3)c2)cn1. The summed E-state index contributed by atoms with van der Waals surface area (Å²) >= 11 is 0. The van der Waals surface area contributed by atoms with Crippen LogP contribution in [0.3, 0.4) is 0 Å². The zero-order valence-electron chi connectivity index (χ0n) is 19.9. The standard InChI is InChI=1S/C29H30N4O2/c1-21-17-33(20-30-21)27-14-22(18-32-12-6-11-28(34)19-32)13-26(16-27)31-29(35)25-10-5-9-24(15-25)23-7-3-2-4-8-23/h2-5,7-10,13-17,20,28,34H,6,11-12,18-19H2,1H3,(H,31,35)/t28-/m0/s1. The lowest BCUT2D eigenvalue weighted by molar-refractivity contribution is 0.0668. The molecule has 178 valence electrons. The first-order chi connectivity index (χ1) is 17.0. The first-order valence-electron chi connectivity index (χ1n) is 12.1. The average Bonchev–Trinajstić information content (AvgIpc) is 3.31. The van der Waals surface area contributed by atoms with Crippen molar-refractivity contribution in [2.45, 2.75) is 32.4 Å². The van der Waals surface area contributed by atoms with Gasteiger partial charge in [-0.15, -0.1) is 0 Å². The summed E-state index contributed by atoms with van der Waals surface area (Å²) in [4.78, 5) is 19.8. The number of rotatable bonds is 6. The van der Waals surface area contributed by atoms with Crippen LogP contribution in [0, 0.1) is 6.92 Å². The minimum absolute atomic E-state index is 0.152. The van der Waals surface area contributed by atoms with Crippen LogP contribution in [0.25, 0.3) is 16.8 Å². The smallest absolute Gasteiger partial charge is 0.255 e. The molecule has 1 amide bonds. The van der Waals surface area contributed by atoms with Gasteiger partial charge in [0, 0.05) is 36.2 Å². The van der Waals surface area contributed by atoms with Crippen LogP contribution in [0.1, 0.15) is 34.5 Å². The Balaban J connectivity index is 1.42. The maximum atomic E-state index is 13.2. The van der Waals surface area contributed by atoms with Gasteiger partial charge < -0.3 is 15.0 Å². The average molecular weight is 467 g/mol. The molecule has 1 atom stereocenters. The van der Waals surface area contributed by atoms with Crippen molar-refractivity contribution < 1.29 is 9.90 Å². The van der Waals surface area contributed by atoms with Crippen LogP contribution >= 0.6 is 0 Å². The molecule has 1 aromatic heterocycles. The largest absolute Gasteiger partial charge is 0.392 e. The highest BCUT2D eigenvalue weighted by Crippen LogP contribution is 2.24. The van der Waals surface area contributed by atoms with E-state index in [1.807, 2.05) is 84.4 Å². The van der Waals surface area contributed by atoms with E-state index in [0.29, 0.717) is 18.7 Å². The van der Waals surface area contributed by atoms with Crippen molar-refractivity contribution >= 4 is 11.6 Å². The molecule has 1 aliphatic heterocycles. The lowest BCUT2D eigenvalue weighted by Crippen LogP contribution is -2.37. The molecule has 6 heteroatoms. The monoisotopic (exact) mass is 466 g/mol. The fourth-order valence-electron chi connectivity index (χ4n) is 4.66. The predicted octanol–water partition coefficient (Wildman–Crippen LogP) is 5.06. The van der Waals surface area contributed by atoms with E-state index in [-0.39, 0.29) is 12.0 Å². The van der Waals surface area contributed by atoms with Crippen LogP contribution in [0.5, 0.6) is 0 Å². The second-order valence-electron chi connectivity index (χ2n) is 9.24. The molecule has 0 bridgehead atoms. The number of nitrogens with zero attached hydrogens (tertiary/aromatic N) is 3. The van der Waals surface area contributed by atoms with Gasteiger partial charge >= 0.3 is 0 Å². The molecule has 0 unspecified atom stereocenters. The van der Waals surface area contributed by atoms with Crippen molar-refractivity contribution in [2.75, 3.05) is 18.4 Å². The van der Waals surface area contributed by atoms with Gasteiger partial charge in [-0.2, -0.15) is 0 Å². The van der Waals surface area contributed by atoms with Crippen LogP contribution in [0.15, 0.2) is 85.3 Å².